The van der Waals surface area contributed by atoms with E-state index >= 15 is 0 Å². The topological polar surface area (TPSA) is 97.3 Å². The molecule has 3 aromatic rings. The van der Waals surface area contributed by atoms with Crippen molar-refractivity contribution in [3.63, 3.8) is 0 Å². The van der Waals surface area contributed by atoms with Crippen LogP contribution in [0.2, 0.25) is 5.02 Å². The van der Waals surface area contributed by atoms with Crippen molar-refractivity contribution in [3.05, 3.63) is 99.6 Å². The highest BCUT2D eigenvalue weighted by Gasteiger charge is 2.08. The summed E-state index contributed by atoms with van der Waals surface area (Å²) in [6, 6.07) is 21.4. The second-order valence-corrected chi connectivity index (χ2v) is 8.46. The molecule has 0 aliphatic carbocycles. The molecule has 3 N–H and O–H groups in total. The molecule has 0 radical (unpaired) electrons. The van der Waals surface area contributed by atoms with Crippen molar-refractivity contribution in [2.45, 2.75) is 19.6 Å². The minimum atomic E-state index is -0.423. The van der Waals surface area contributed by atoms with Crippen LogP contribution >= 0.6 is 11.6 Å². The van der Waals surface area contributed by atoms with Gasteiger partial charge in [0.1, 0.15) is 6.07 Å². The fourth-order valence-corrected chi connectivity index (χ4v) is 3.50. The van der Waals surface area contributed by atoms with Crippen LogP contribution in [0.1, 0.15) is 32.6 Å². The first-order valence-electron chi connectivity index (χ1n) is 10.7. The molecule has 0 aliphatic heterocycles. The van der Waals surface area contributed by atoms with Gasteiger partial charge in [-0.25, -0.2) is 4.79 Å². The molecule has 174 valence electrons. The van der Waals surface area contributed by atoms with E-state index in [1.165, 1.54) is 17.7 Å². The fourth-order valence-electron chi connectivity index (χ4n) is 3.28. The molecule has 0 bridgehead atoms. The maximum absolute atomic E-state index is 12.6. The van der Waals surface area contributed by atoms with Crippen LogP contribution in [-0.4, -0.2) is 30.9 Å². The molecule has 0 aliphatic rings. The fraction of sp³-hybridized carbons (Fsp3) is 0.192. The highest BCUT2D eigenvalue weighted by Crippen LogP contribution is 2.20. The summed E-state index contributed by atoms with van der Waals surface area (Å²) in [4.78, 5) is 26.9. The third-order valence-electron chi connectivity index (χ3n) is 4.96. The number of carbonyl (C=O) groups excluding carboxylic acids is 2. The molecule has 0 aromatic heterocycles. The van der Waals surface area contributed by atoms with Gasteiger partial charge >= 0.3 is 6.03 Å². The maximum atomic E-state index is 12.6. The summed E-state index contributed by atoms with van der Waals surface area (Å²) < 4.78 is 0. The molecule has 0 saturated heterocycles. The average molecular weight is 476 g/mol. The summed E-state index contributed by atoms with van der Waals surface area (Å²) in [5.74, 6) is -0.184. The van der Waals surface area contributed by atoms with Crippen molar-refractivity contribution in [1.29, 1.82) is 5.26 Å². The quantitative estimate of drug-likeness (QED) is 0.446. The molecule has 0 saturated carbocycles. The summed E-state index contributed by atoms with van der Waals surface area (Å²) in [6.07, 6.45) is 0. The van der Waals surface area contributed by atoms with E-state index in [1.807, 2.05) is 38.4 Å². The van der Waals surface area contributed by atoms with Gasteiger partial charge in [-0.15, -0.1) is 0 Å². The van der Waals surface area contributed by atoms with Gasteiger partial charge in [-0.3, -0.25) is 4.79 Å². The lowest BCUT2D eigenvalue weighted by atomic mass is 10.1. The van der Waals surface area contributed by atoms with Crippen molar-refractivity contribution >= 4 is 29.2 Å². The SMILES string of the molecule is CN(C)Cc1ccc(CNC(=O)c2cccc(CNC(=O)Nc3ccc(C#N)c(Cl)c3)c2)cc1. The number of hydrogen-bond acceptors (Lipinski definition) is 4. The van der Waals surface area contributed by atoms with E-state index in [0.717, 1.165) is 17.7 Å². The van der Waals surface area contributed by atoms with Crippen molar-refractivity contribution in [1.82, 2.24) is 15.5 Å². The number of urea groups is 1. The van der Waals surface area contributed by atoms with Crippen molar-refractivity contribution < 1.29 is 9.59 Å². The number of rotatable bonds is 8. The van der Waals surface area contributed by atoms with Gasteiger partial charge in [0.2, 0.25) is 0 Å². The first-order valence-corrected chi connectivity index (χ1v) is 11.1. The lowest BCUT2D eigenvalue weighted by Gasteiger charge is -2.11. The summed E-state index contributed by atoms with van der Waals surface area (Å²) in [5.41, 5.74) is 4.35. The van der Waals surface area contributed by atoms with E-state index in [9.17, 15) is 9.59 Å². The Hall–Kier alpha value is -3.86. The van der Waals surface area contributed by atoms with Gasteiger partial charge in [-0.1, -0.05) is 48.0 Å². The second-order valence-electron chi connectivity index (χ2n) is 8.05. The molecule has 0 spiro atoms. The summed E-state index contributed by atoms with van der Waals surface area (Å²) >= 11 is 5.99. The van der Waals surface area contributed by atoms with Gasteiger partial charge in [0.25, 0.3) is 5.91 Å². The number of nitriles is 1. The Kier molecular flexibility index (Phi) is 8.63. The number of carbonyl (C=O) groups is 2. The Morgan fingerprint density at radius 1 is 0.912 bits per heavy atom. The molecule has 34 heavy (non-hydrogen) atoms. The van der Waals surface area contributed by atoms with E-state index in [4.69, 9.17) is 16.9 Å². The van der Waals surface area contributed by atoms with Crippen LogP contribution in [0, 0.1) is 11.3 Å². The lowest BCUT2D eigenvalue weighted by molar-refractivity contribution is 0.0951. The van der Waals surface area contributed by atoms with E-state index in [0.29, 0.717) is 23.4 Å². The van der Waals surface area contributed by atoms with Crippen LogP contribution in [0.3, 0.4) is 0 Å². The van der Waals surface area contributed by atoms with Gasteiger partial charge in [0, 0.05) is 30.9 Å². The zero-order valence-corrected chi connectivity index (χ0v) is 19.8. The number of anilines is 1. The van der Waals surface area contributed by atoms with Gasteiger partial charge in [0.15, 0.2) is 0 Å². The predicted molar refractivity (Wildman–Crippen MR) is 133 cm³/mol. The van der Waals surface area contributed by atoms with Crippen LogP contribution in [0.15, 0.2) is 66.7 Å². The summed E-state index contributed by atoms with van der Waals surface area (Å²) in [6.45, 7) is 1.54. The predicted octanol–water partition coefficient (Wildman–Crippen LogP) is 4.52. The molecular formula is C26H26ClN5O2. The van der Waals surface area contributed by atoms with Crippen molar-refractivity contribution in [2.24, 2.45) is 0 Å². The third-order valence-corrected chi connectivity index (χ3v) is 5.28. The average Bonchev–Trinajstić information content (AvgIpc) is 2.82. The number of amides is 3. The highest BCUT2D eigenvalue weighted by atomic mass is 35.5. The van der Waals surface area contributed by atoms with Gasteiger partial charge in [-0.2, -0.15) is 5.26 Å². The Bertz CT molecular complexity index is 1200. The standard InChI is InChI=1S/C26H26ClN5O2/c1-32(2)17-19-8-6-18(7-9-19)15-29-25(33)21-5-3-4-20(12-21)16-30-26(34)31-23-11-10-22(14-28)24(27)13-23/h3-13H,15-17H2,1-2H3,(H,29,33)(H2,30,31,34). The minimum Gasteiger partial charge on any atom is -0.348 e. The van der Waals surface area contributed by atoms with Crippen LogP contribution in [0.25, 0.3) is 0 Å². The Morgan fingerprint density at radius 3 is 2.29 bits per heavy atom. The zero-order valence-electron chi connectivity index (χ0n) is 19.1. The summed E-state index contributed by atoms with van der Waals surface area (Å²) in [5, 5.41) is 17.5. The first-order chi connectivity index (χ1) is 16.3. The molecule has 0 atom stereocenters. The Morgan fingerprint density at radius 2 is 1.62 bits per heavy atom. The van der Waals surface area contributed by atoms with E-state index in [1.54, 1.807) is 24.3 Å². The zero-order chi connectivity index (χ0) is 24.5. The first kappa shape index (κ1) is 24.8. The van der Waals surface area contributed by atoms with Crippen LogP contribution in [0.4, 0.5) is 10.5 Å². The smallest absolute Gasteiger partial charge is 0.319 e. The van der Waals surface area contributed by atoms with E-state index < -0.39 is 6.03 Å². The third kappa shape index (κ3) is 7.34. The largest absolute Gasteiger partial charge is 0.348 e. The number of halogens is 1. The van der Waals surface area contributed by atoms with Crippen LogP contribution in [-0.2, 0) is 19.6 Å². The highest BCUT2D eigenvalue weighted by molar-refractivity contribution is 6.32. The van der Waals surface area contributed by atoms with E-state index in [-0.39, 0.29) is 17.5 Å². The minimum absolute atomic E-state index is 0.184. The molecule has 0 unspecified atom stereocenters. The van der Waals surface area contributed by atoms with Crippen molar-refractivity contribution in [3.8, 4) is 6.07 Å². The van der Waals surface area contributed by atoms with Crippen LogP contribution < -0.4 is 16.0 Å². The maximum Gasteiger partial charge on any atom is 0.319 e. The lowest BCUT2D eigenvalue weighted by Crippen LogP contribution is -2.28. The molecule has 0 heterocycles. The second kappa shape index (κ2) is 11.8. The Labute approximate surface area is 204 Å². The number of nitrogens with zero attached hydrogens (tertiary/aromatic N) is 2. The molecule has 7 nitrogen and oxygen atoms in total. The van der Waals surface area contributed by atoms with Crippen LogP contribution in [0.5, 0.6) is 0 Å². The van der Waals surface area contributed by atoms with Gasteiger partial charge in [-0.05, 0) is 61.1 Å². The number of hydrogen-bond donors (Lipinski definition) is 3. The molecule has 8 heteroatoms. The summed E-state index contributed by atoms with van der Waals surface area (Å²) in [7, 11) is 4.05. The normalized spacial score (nSPS) is 10.4. The van der Waals surface area contributed by atoms with E-state index in [2.05, 4.69) is 33.0 Å². The molecule has 0 fully saturated rings. The molecular weight excluding hydrogens is 450 g/mol. The van der Waals surface area contributed by atoms with Gasteiger partial charge in [0.05, 0.1) is 10.6 Å². The van der Waals surface area contributed by atoms with Crippen molar-refractivity contribution in [2.75, 3.05) is 19.4 Å². The molecule has 3 rings (SSSR count). The number of benzene rings is 3. The Balaban J connectivity index is 1.50. The molecule has 3 aromatic carbocycles. The number of nitrogens with one attached hydrogen (secondary N) is 3. The molecule has 3 amide bonds. The monoisotopic (exact) mass is 475 g/mol. The van der Waals surface area contributed by atoms with Gasteiger partial charge < -0.3 is 20.9 Å².